The molecule has 0 saturated carbocycles. The summed E-state index contributed by atoms with van der Waals surface area (Å²) >= 11 is 0. The number of aliphatic hydroxyl groups is 1. The quantitative estimate of drug-likeness (QED) is 0.844. The molecule has 1 atom stereocenters. The Kier molecular flexibility index (Phi) is 4.78. The molecule has 1 aromatic carbocycles. The highest BCUT2D eigenvalue weighted by Crippen LogP contribution is 2.12. The van der Waals surface area contributed by atoms with Crippen LogP contribution in [-0.4, -0.2) is 23.2 Å². The molecule has 5 heteroatoms. The van der Waals surface area contributed by atoms with Gasteiger partial charge in [-0.05, 0) is 25.0 Å². The second-order valence-corrected chi connectivity index (χ2v) is 4.53. The predicted octanol–water partition coefficient (Wildman–Crippen LogP) is 1.78. The van der Waals surface area contributed by atoms with Crippen molar-refractivity contribution in [2.75, 3.05) is 6.61 Å². The smallest absolute Gasteiger partial charge is 0.225 e. The number of halogens is 2. The summed E-state index contributed by atoms with van der Waals surface area (Å²) in [5, 5.41) is 11.8. The number of hydrogen-bond donors (Lipinski definition) is 2. The van der Waals surface area contributed by atoms with Gasteiger partial charge in [-0.15, -0.1) is 0 Å². The van der Waals surface area contributed by atoms with Crippen LogP contribution in [0.25, 0.3) is 0 Å². The highest BCUT2D eigenvalue weighted by atomic mass is 19.1. The van der Waals surface area contributed by atoms with Crippen molar-refractivity contribution in [3.05, 3.63) is 35.4 Å². The third-order valence-corrected chi connectivity index (χ3v) is 2.94. The van der Waals surface area contributed by atoms with Crippen LogP contribution in [0.1, 0.15) is 25.8 Å². The zero-order valence-corrected chi connectivity index (χ0v) is 10.5. The third-order valence-electron chi connectivity index (χ3n) is 2.94. The van der Waals surface area contributed by atoms with Gasteiger partial charge in [0.25, 0.3) is 0 Å². The lowest BCUT2D eigenvalue weighted by molar-refractivity contribution is -0.122. The van der Waals surface area contributed by atoms with Crippen LogP contribution in [0.4, 0.5) is 8.78 Å². The molecule has 1 rings (SSSR count). The molecule has 3 nitrogen and oxygen atoms in total. The largest absolute Gasteiger partial charge is 0.394 e. The Hall–Kier alpha value is -1.49. The Morgan fingerprint density at radius 1 is 1.44 bits per heavy atom. The molecule has 0 radical (unpaired) electrons. The number of hydrogen-bond acceptors (Lipinski definition) is 2. The zero-order valence-electron chi connectivity index (χ0n) is 10.5. The summed E-state index contributed by atoms with van der Waals surface area (Å²) < 4.78 is 26.0. The standard InChI is InChI=1S/C13H17F2NO2/c1-3-13(2,8-17)16-12(18)6-9-4-5-10(14)7-11(9)15/h4-5,7,17H,3,6,8H2,1-2H3,(H,16,18). The molecule has 0 spiro atoms. The van der Waals surface area contributed by atoms with Crippen molar-refractivity contribution in [1.82, 2.24) is 5.32 Å². The van der Waals surface area contributed by atoms with Gasteiger partial charge in [0.1, 0.15) is 11.6 Å². The molecule has 0 aliphatic carbocycles. The van der Waals surface area contributed by atoms with E-state index in [1.54, 1.807) is 6.92 Å². The van der Waals surface area contributed by atoms with Gasteiger partial charge in [0, 0.05) is 6.07 Å². The number of amides is 1. The fourth-order valence-electron chi connectivity index (χ4n) is 1.46. The van der Waals surface area contributed by atoms with Crippen LogP contribution in [-0.2, 0) is 11.2 Å². The van der Waals surface area contributed by atoms with Gasteiger partial charge >= 0.3 is 0 Å². The van der Waals surface area contributed by atoms with Crippen LogP contribution in [0.15, 0.2) is 18.2 Å². The van der Waals surface area contributed by atoms with E-state index in [2.05, 4.69) is 5.32 Å². The first kappa shape index (κ1) is 14.6. The second-order valence-electron chi connectivity index (χ2n) is 4.53. The van der Waals surface area contributed by atoms with E-state index in [1.165, 1.54) is 6.07 Å². The van der Waals surface area contributed by atoms with Gasteiger partial charge in [-0.3, -0.25) is 4.79 Å². The molecule has 0 fully saturated rings. The van der Waals surface area contributed by atoms with Gasteiger partial charge in [-0.1, -0.05) is 13.0 Å². The highest BCUT2D eigenvalue weighted by Gasteiger charge is 2.23. The Morgan fingerprint density at radius 3 is 2.61 bits per heavy atom. The van der Waals surface area contributed by atoms with E-state index in [4.69, 9.17) is 5.11 Å². The van der Waals surface area contributed by atoms with Gasteiger partial charge < -0.3 is 10.4 Å². The minimum atomic E-state index is -0.743. The fraction of sp³-hybridized carbons (Fsp3) is 0.462. The number of benzene rings is 1. The molecule has 2 N–H and O–H groups in total. The molecule has 0 aliphatic rings. The topological polar surface area (TPSA) is 49.3 Å². The van der Waals surface area contributed by atoms with Crippen molar-refractivity contribution in [3.8, 4) is 0 Å². The van der Waals surface area contributed by atoms with Crippen molar-refractivity contribution in [2.24, 2.45) is 0 Å². The Morgan fingerprint density at radius 2 is 2.11 bits per heavy atom. The first-order valence-electron chi connectivity index (χ1n) is 5.76. The fourth-order valence-corrected chi connectivity index (χ4v) is 1.46. The lowest BCUT2D eigenvalue weighted by atomic mass is 9.99. The zero-order chi connectivity index (χ0) is 13.8. The molecule has 0 aliphatic heterocycles. The van der Waals surface area contributed by atoms with E-state index in [0.717, 1.165) is 12.1 Å². The average Bonchev–Trinajstić information content (AvgIpc) is 2.32. The number of carbonyl (C=O) groups is 1. The number of nitrogens with one attached hydrogen (secondary N) is 1. The van der Waals surface area contributed by atoms with Crippen LogP contribution in [0.2, 0.25) is 0 Å². The minimum Gasteiger partial charge on any atom is -0.394 e. The van der Waals surface area contributed by atoms with E-state index in [1.807, 2.05) is 6.92 Å². The van der Waals surface area contributed by atoms with Crippen molar-refractivity contribution in [2.45, 2.75) is 32.2 Å². The molecule has 18 heavy (non-hydrogen) atoms. The lowest BCUT2D eigenvalue weighted by Gasteiger charge is -2.27. The van der Waals surface area contributed by atoms with Gasteiger partial charge in [0.15, 0.2) is 0 Å². The minimum absolute atomic E-state index is 0.130. The maximum Gasteiger partial charge on any atom is 0.225 e. The van der Waals surface area contributed by atoms with Crippen LogP contribution in [0, 0.1) is 11.6 Å². The summed E-state index contributed by atoms with van der Waals surface area (Å²) in [5.74, 6) is -1.82. The van der Waals surface area contributed by atoms with Gasteiger partial charge in [-0.25, -0.2) is 8.78 Å². The number of aliphatic hydroxyl groups excluding tert-OH is 1. The molecule has 0 aromatic heterocycles. The first-order chi connectivity index (χ1) is 8.40. The molecule has 0 bridgehead atoms. The summed E-state index contributed by atoms with van der Waals surface area (Å²) in [6.07, 6.45) is 0.378. The maximum absolute atomic E-state index is 13.3. The second kappa shape index (κ2) is 5.91. The predicted molar refractivity (Wildman–Crippen MR) is 64.0 cm³/mol. The number of rotatable bonds is 5. The molecule has 100 valence electrons. The van der Waals surface area contributed by atoms with E-state index in [9.17, 15) is 13.6 Å². The third kappa shape index (κ3) is 3.77. The lowest BCUT2D eigenvalue weighted by Crippen LogP contribution is -2.49. The van der Waals surface area contributed by atoms with E-state index >= 15 is 0 Å². The normalized spacial score (nSPS) is 14.1. The molecule has 1 unspecified atom stereocenters. The van der Waals surface area contributed by atoms with Crippen LogP contribution >= 0.6 is 0 Å². The van der Waals surface area contributed by atoms with Gasteiger partial charge in [-0.2, -0.15) is 0 Å². The molecular formula is C13H17F2NO2. The molecule has 1 aromatic rings. The van der Waals surface area contributed by atoms with E-state index < -0.39 is 23.1 Å². The Labute approximate surface area is 105 Å². The molecule has 0 saturated heterocycles. The van der Waals surface area contributed by atoms with Crippen molar-refractivity contribution in [3.63, 3.8) is 0 Å². The molecule has 1 amide bonds. The van der Waals surface area contributed by atoms with Gasteiger partial charge in [0.2, 0.25) is 5.91 Å². The van der Waals surface area contributed by atoms with Gasteiger partial charge in [0.05, 0.1) is 18.6 Å². The summed E-state index contributed by atoms with van der Waals surface area (Å²) in [6.45, 7) is 3.34. The van der Waals surface area contributed by atoms with Crippen molar-refractivity contribution in [1.29, 1.82) is 0 Å². The Balaban J connectivity index is 2.70. The van der Waals surface area contributed by atoms with Crippen molar-refractivity contribution >= 4 is 5.91 Å². The van der Waals surface area contributed by atoms with Crippen LogP contribution < -0.4 is 5.32 Å². The average molecular weight is 257 g/mol. The van der Waals surface area contributed by atoms with E-state index in [-0.39, 0.29) is 18.6 Å². The maximum atomic E-state index is 13.3. The summed E-state index contributed by atoms with van der Waals surface area (Å²) in [6, 6.07) is 3.09. The van der Waals surface area contributed by atoms with Crippen LogP contribution in [0.5, 0.6) is 0 Å². The summed E-state index contributed by atoms with van der Waals surface area (Å²) in [5.41, 5.74) is -0.585. The number of carbonyl (C=O) groups excluding carboxylic acids is 1. The first-order valence-corrected chi connectivity index (χ1v) is 5.76. The highest BCUT2D eigenvalue weighted by molar-refractivity contribution is 5.79. The molecular weight excluding hydrogens is 240 g/mol. The van der Waals surface area contributed by atoms with Crippen molar-refractivity contribution < 1.29 is 18.7 Å². The Bertz CT molecular complexity index is 431. The van der Waals surface area contributed by atoms with E-state index in [0.29, 0.717) is 6.42 Å². The SMILES string of the molecule is CCC(C)(CO)NC(=O)Cc1ccc(F)cc1F. The molecule has 0 heterocycles. The summed E-state index contributed by atoms with van der Waals surface area (Å²) in [7, 11) is 0. The monoisotopic (exact) mass is 257 g/mol. The summed E-state index contributed by atoms with van der Waals surface area (Å²) in [4.78, 5) is 11.7. The van der Waals surface area contributed by atoms with Crippen LogP contribution in [0.3, 0.4) is 0 Å².